The third kappa shape index (κ3) is 3.24. The van der Waals surface area contributed by atoms with E-state index < -0.39 is 10.0 Å². The number of benzene rings is 1. The lowest BCUT2D eigenvalue weighted by Crippen LogP contribution is -2.43. The Kier molecular flexibility index (Phi) is 4.72. The van der Waals surface area contributed by atoms with E-state index in [9.17, 15) is 8.42 Å². The van der Waals surface area contributed by atoms with Gasteiger partial charge in [-0.25, -0.2) is 8.42 Å². The van der Waals surface area contributed by atoms with Crippen LogP contribution in [0.5, 0.6) is 0 Å². The van der Waals surface area contributed by atoms with Crippen LogP contribution in [0, 0.1) is 5.92 Å². The second kappa shape index (κ2) is 7.48. The minimum Gasteiger partial charge on any atom is -0.347 e. The number of nitrogens with one attached hydrogen (secondary N) is 1. The van der Waals surface area contributed by atoms with E-state index in [1.165, 1.54) is 17.3 Å². The molecular formula is C24H30N4O2S. The molecule has 31 heavy (non-hydrogen) atoms. The minimum absolute atomic E-state index is 0.142. The predicted octanol–water partition coefficient (Wildman–Crippen LogP) is 4.55. The Balaban J connectivity index is 1.23. The number of aromatic amines is 1. The second-order valence-electron chi connectivity index (χ2n) is 9.66. The number of hydrogen-bond donors (Lipinski definition) is 1. The molecule has 1 aromatic carbocycles. The predicted molar refractivity (Wildman–Crippen MR) is 122 cm³/mol. The zero-order valence-electron chi connectivity index (χ0n) is 17.8. The van der Waals surface area contributed by atoms with E-state index in [0.717, 1.165) is 62.6 Å². The summed E-state index contributed by atoms with van der Waals surface area (Å²) in [5.41, 5.74) is 3.46. The van der Waals surface area contributed by atoms with Crippen molar-refractivity contribution in [2.24, 2.45) is 5.92 Å². The molecule has 1 saturated carbocycles. The molecule has 6 rings (SSSR count). The summed E-state index contributed by atoms with van der Waals surface area (Å²) in [6.45, 7) is 0.895. The Hall–Kier alpha value is -2.12. The number of fused-ring (bicyclic) bond motifs is 3. The summed E-state index contributed by atoms with van der Waals surface area (Å²) in [4.78, 5) is 0. The fraction of sp³-hybridized carbons (Fsp3) is 0.542. The molecule has 2 aromatic heterocycles. The Labute approximate surface area is 183 Å². The van der Waals surface area contributed by atoms with Crippen molar-refractivity contribution in [1.82, 2.24) is 19.1 Å². The van der Waals surface area contributed by atoms with Crippen molar-refractivity contribution in [3.63, 3.8) is 0 Å². The molecule has 2 bridgehead atoms. The second-order valence-corrected chi connectivity index (χ2v) is 11.8. The zero-order valence-corrected chi connectivity index (χ0v) is 18.6. The molecule has 1 N–H and O–H groups in total. The van der Waals surface area contributed by atoms with Crippen molar-refractivity contribution in [3.8, 4) is 11.1 Å². The molecule has 4 heterocycles. The van der Waals surface area contributed by atoms with Gasteiger partial charge in [0.25, 0.3) is 0 Å². The lowest BCUT2D eigenvalue weighted by Gasteiger charge is -2.30. The maximum Gasteiger partial charge on any atom is 0.217 e. The molecule has 2 saturated heterocycles. The van der Waals surface area contributed by atoms with Crippen LogP contribution in [0.25, 0.3) is 22.0 Å². The molecular weight excluding hydrogens is 408 g/mol. The fourth-order valence-electron chi connectivity index (χ4n) is 6.39. The Morgan fingerprint density at radius 3 is 2.71 bits per heavy atom. The van der Waals surface area contributed by atoms with Crippen molar-refractivity contribution >= 4 is 20.9 Å². The highest BCUT2D eigenvalue weighted by atomic mass is 32.2. The van der Waals surface area contributed by atoms with Gasteiger partial charge in [0.1, 0.15) is 0 Å². The van der Waals surface area contributed by atoms with Crippen LogP contribution in [0.15, 0.2) is 42.9 Å². The first kappa shape index (κ1) is 19.6. The summed E-state index contributed by atoms with van der Waals surface area (Å²) >= 11 is 0. The smallest absolute Gasteiger partial charge is 0.217 e. The Morgan fingerprint density at radius 2 is 1.90 bits per heavy atom. The highest BCUT2D eigenvalue weighted by Gasteiger charge is 2.53. The molecule has 164 valence electrons. The van der Waals surface area contributed by atoms with Crippen molar-refractivity contribution < 1.29 is 8.42 Å². The quantitative estimate of drug-likeness (QED) is 0.635. The average Bonchev–Trinajstić information content (AvgIpc) is 3.58. The number of hydrogen-bond acceptors (Lipinski definition) is 3. The highest BCUT2D eigenvalue weighted by molar-refractivity contribution is 7.89. The van der Waals surface area contributed by atoms with Crippen LogP contribution in [0.1, 0.15) is 51.4 Å². The van der Waals surface area contributed by atoms with E-state index in [1.54, 1.807) is 0 Å². The molecule has 3 fully saturated rings. The number of H-pyrrole nitrogens is 1. The third-order valence-electron chi connectivity index (χ3n) is 7.90. The Bertz CT molecular complexity index is 1180. The Morgan fingerprint density at radius 1 is 1.03 bits per heavy atom. The molecule has 0 radical (unpaired) electrons. The first-order valence-electron chi connectivity index (χ1n) is 11.7. The number of nitrogens with zero attached hydrogens (tertiary/aromatic N) is 3. The normalized spacial score (nSPS) is 27.4. The number of sulfonamides is 1. The van der Waals surface area contributed by atoms with E-state index >= 15 is 0 Å². The van der Waals surface area contributed by atoms with Gasteiger partial charge in [0.05, 0.1) is 11.4 Å². The summed E-state index contributed by atoms with van der Waals surface area (Å²) < 4.78 is 31.2. The molecule has 3 aromatic rings. The van der Waals surface area contributed by atoms with Crippen LogP contribution >= 0.6 is 0 Å². The van der Waals surface area contributed by atoms with Crippen LogP contribution in [0.2, 0.25) is 0 Å². The maximum atomic E-state index is 13.5. The first-order chi connectivity index (χ1) is 15.1. The fourth-order valence-corrected chi connectivity index (χ4v) is 8.92. The van der Waals surface area contributed by atoms with Crippen molar-refractivity contribution in [1.29, 1.82) is 0 Å². The maximum absolute atomic E-state index is 13.5. The van der Waals surface area contributed by atoms with Gasteiger partial charge in [-0.3, -0.25) is 5.10 Å². The standard InChI is InChI=1S/C24H30N4O2S/c29-31(30,22-4-2-1-3-5-22)28-21-7-9-24(28)19(13-21)16-27-11-10-18-12-17(6-8-23(18)27)20-14-25-26-15-20/h6,8,10-12,14-15,19,21-22,24H,1-5,7,9,13,16H2,(H,25,26). The van der Waals surface area contributed by atoms with Gasteiger partial charge < -0.3 is 4.57 Å². The van der Waals surface area contributed by atoms with Crippen LogP contribution in [0.4, 0.5) is 0 Å². The molecule has 7 heteroatoms. The van der Waals surface area contributed by atoms with E-state index in [1.807, 2.05) is 16.7 Å². The minimum atomic E-state index is -3.17. The molecule has 0 spiro atoms. The lowest BCUT2D eigenvalue weighted by molar-refractivity contribution is 0.323. The van der Waals surface area contributed by atoms with Gasteiger partial charge in [0, 0.05) is 47.5 Å². The van der Waals surface area contributed by atoms with E-state index in [4.69, 9.17) is 0 Å². The van der Waals surface area contributed by atoms with Gasteiger partial charge in [-0.15, -0.1) is 0 Å². The van der Waals surface area contributed by atoms with E-state index in [2.05, 4.69) is 45.2 Å². The summed E-state index contributed by atoms with van der Waals surface area (Å²) in [7, 11) is -3.17. The van der Waals surface area contributed by atoms with Crippen LogP contribution in [0.3, 0.4) is 0 Å². The molecule has 3 unspecified atom stereocenters. The molecule has 3 aliphatic rings. The summed E-state index contributed by atoms with van der Waals surface area (Å²) in [5, 5.41) is 8.00. The summed E-state index contributed by atoms with van der Waals surface area (Å²) in [5.74, 6) is 0.404. The first-order valence-corrected chi connectivity index (χ1v) is 13.2. The molecule has 1 aliphatic carbocycles. The molecule has 0 amide bonds. The van der Waals surface area contributed by atoms with Gasteiger partial charge in [-0.2, -0.15) is 9.40 Å². The van der Waals surface area contributed by atoms with Gasteiger partial charge >= 0.3 is 0 Å². The largest absolute Gasteiger partial charge is 0.347 e. The summed E-state index contributed by atoms with van der Waals surface area (Å²) in [6, 6.07) is 9.10. The van der Waals surface area contributed by atoms with Gasteiger partial charge in [0.15, 0.2) is 0 Å². The molecule has 3 atom stereocenters. The SMILES string of the molecule is O=S(=O)(C1CCCCC1)N1C2CCC1C(Cn1ccc3cc(-c4cn[nH]c4)ccc31)C2. The number of rotatable bonds is 5. The van der Waals surface area contributed by atoms with Crippen molar-refractivity contribution in [3.05, 3.63) is 42.9 Å². The van der Waals surface area contributed by atoms with Crippen LogP contribution < -0.4 is 0 Å². The zero-order chi connectivity index (χ0) is 21.0. The van der Waals surface area contributed by atoms with E-state index in [0.29, 0.717) is 5.92 Å². The van der Waals surface area contributed by atoms with Crippen molar-refractivity contribution in [2.75, 3.05) is 0 Å². The topological polar surface area (TPSA) is 71.0 Å². The average molecular weight is 439 g/mol. The summed E-state index contributed by atoms with van der Waals surface area (Å²) in [6.07, 6.45) is 14.0. The highest BCUT2D eigenvalue weighted by Crippen LogP contribution is 2.46. The van der Waals surface area contributed by atoms with Crippen LogP contribution in [-0.2, 0) is 16.6 Å². The monoisotopic (exact) mass is 438 g/mol. The molecule has 2 aliphatic heterocycles. The van der Waals surface area contributed by atoms with Gasteiger partial charge in [-0.05, 0) is 61.8 Å². The lowest BCUT2D eigenvalue weighted by atomic mass is 9.89. The van der Waals surface area contributed by atoms with Crippen LogP contribution in [-0.4, -0.2) is 44.8 Å². The van der Waals surface area contributed by atoms with E-state index in [-0.39, 0.29) is 17.3 Å². The van der Waals surface area contributed by atoms with Gasteiger partial charge in [-0.1, -0.05) is 25.3 Å². The van der Waals surface area contributed by atoms with Gasteiger partial charge in [0.2, 0.25) is 10.0 Å². The molecule has 6 nitrogen and oxygen atoms in total. The number of aromatic nitrogens is 3. The van der Waals surface area contributed by atoms with Crippen molar-refractivity contribution in [2.45, 2.75) is 75.2 Å². The third-order valence-corrected chi connectivity index (χ3v) is 10.4.